The highest BCUT2D eigenvalue weighted by molar-refractivity contribution is 9.10. The summed E-state index contributed by atoms with van der Waals surface area (Å²) in [5.41, 5.74) is 8.71. The molecule has 0 bridgehead atoms. The van der Waals surface area contributed by atoms with Crippen LogP contribution in [0.3, 0.4) is 0 Å². The molecule has 0 aliphatic carbocycles. The van der Waals surface area contributed by atoms with Crippen molar-refractivity contribution in [3.8, 4) is 17.6 Å². The molecule has 2 aromatic heterocycles. The molecule has 0 saturated heterocycles. The fourth-order valence-corrected chi connectivity index (χ4v) is 3.28. The van der Waals surface area contributed by atoms with Crippen LogP contribution in [0.25, 0.3) is 5.69 Å². The molecule has 0 amide bonds. The van der Waals surface area contributed by atoms with Crippen molar-refractivity contribution in [1.29, 1.82) is 5.26 Å². The maximum absolute atomic E-state index is 9.56. The molecule has 1 aromatic carbocycles. The zero-order chi connectivity index (χ0) is 17.6. The van der Waals surface area contributed by atoms with Crippen LogP contribution in [-0.4, -0.2) is 9.78 Å². The molecule has 0 saturated carbocycles. The van der Waals surface area contributed by atoms with Crippen LogP contribution in [-0.2, 0) is 0 Å². The Hall–Kier alpha value is -2.98. The highest BCUT2D eigenvalue weighted by atomic mass is 79.9. The number of hydrogen-bond acceptors (Lipinski definition) is 5. The highest BCUT2D eigenvalue weighted by Crippen LogP contribution is 2.44. The molecule has 1 aliphatic heterocycles. The summed E-state index contributed by atoms with van der Waals surface area (Å²) in [6.07, 6.45) is 1.57. The maximum atomic E-state index is 9.56. The highest BCUT2D eigenvalue weighted by Gasteiger charge is 2.37. The fourth-order valence-electron chi connectivity index (χ4n) is 3.01. The minimum absolute atomic E-state index is 0.0645. The summed E-state index contributed by atoms with van der Waals surface area (Å²) in [6, 6.07) is 13.4. The number of rotatable bonds is 2. The molecule has 0 spiro atoms. The van der Waals surface area contributed by atoms with Crippen LogP contribution in [0.2, 0.25) is 0 Å². The Morgan fingerprint density at radius 2 is 2.04 bits per heavy atom. The lowest BCUT2D eigenvalue weighted by Crippen LogP contribution is -2.21. The number of nitriles is 1. The number of hydrogen-bond donors (Lipinski definition) is 1. The molecule has 7 heteroatoms. The van der Waals surface area contributed by atoms with Gasteiger partial charge in [0.2, 0.25) is 11.8 Å². The maximum Gasteiger partial charge on any atom is 0.229 e. The predicted molar refractivity (Wildman–Crippen MR) is 94.0 cm³/mol. The molecule has 25 heavy (non-hydrogen) atoms. The van der Waals surface area contributed by atoms with Gasteiger partial charge in [0.05, 0.1) is 29.1 Å². The van der Waals surface area contributed by atoms with Gasteiger partial charge in [0.15, 0.2) is 0 Å². The van der Waals surface area contributed by atoms with Crippen LogP contribution in [0.1, 0.15) is 22.9 Å². The average Bonchev–Trinajstić information content (AvgIpc) is 3.23. The van der Waals surface area contributed by atoms with E-state index in [0.717, 1.165) is 21.4 Å². The van der Waals surface area contributed by atoms with Gasteiger partial charge in [-0.05, 0) is 43.3 Å². The van der Waals surface area contributed by atoms with Crippen molar-refractivity contribution in [2.75, 3.05) is 0 Å². The van der Waals surface area contributed by atoms with Gasteiger partial charge in [0.1, 0.15) is 17.4 Å². The molecule has 0 fully saturated rings. The normalized spacial score (nSPS) is 16.3. The van der Waals surface area contributed by atoms with Crippen molar-refractivity contribution in [3.05, 3.63) is 75.6 Å². The van der Waals surface area contributed by atoms with E-state index in [0.29, 0.717) is 17.2 Å². The number of furan rings is 1. The molecule has 2 N–H and O–H groups in total. The third-order valence-electron chi connectivity index (χ3n) is 4.13. The lowest BCUT2D eigenvalue weighted by Gasteiger charge is -2.23. The lowest BCUT2D eigenvalue weighted by molar-refractivity contribution is 0.360. The average molecular weight is 397 g/mol. The van der Waals surface area contributed by atoms with Crippen molar-refractivity contribution < 1.29 is 9.15 Å². The molecule has 1 unspecified atom stereocenters. The predicted octanol–water partition coefficient (Wildman–Crippen LogP) is 3.75. The Morgan fingerprint density at radius 3 is 2.68 bits per heavy atom. The minimum Gasteiger partial charge on any atom is -0.468 e. The Kier molecular flexibility index (Phi) is 3.62. The van der Waals surface area contributed by atoms with E-state index in [1.807, 2.05) is 37.3 Å². The molecule has 124 valence electrons. The van der Waals surface area contributed by atoms with Crippen LogP contribution in [0, 0.1) is 18.3 Å². The van der Waals surface area contributed by atoms with E-state index in [-0.39, 0.29) is 5.88 Å². The molecular weight excluding hydrogens is 384 g/mol. The largest absolute Gasteiger partial charge is 0.468 e. The summed E-state index contributed by atoms with van der Waals surface area (Å²) in [6.45, 7) is 1.88. The number of halogens is 1. The smallest absolute Gasteiger partial charge is 0.229 e. The SMILES string of the molecule is Cc1nn(-c2ccc(Br)cc2)c2c1C(c1ccco1)C(C#N)=C(N)O2. The van der Waals surface area contributed by atoms with Crippen molar-refractivity contribution in [3.63, 3.8) is 0 Å². The van der Waals surface area contributed by atoms with Gasteiger partial charge in [-0.15, -0.1) is 0 Å². The van der Waals surface area contributed by atoms with E-state index in [2.05, 4.69) is 27.1 Å². The summed E-state index contributed by atoms with van der Waals surface area (Å²) in [4.78, 5) is 0. The summed E-state index contributed by atoms with van der Waals surface area (Å²) < 4.78 is 14.0. The summed E-state index contributed by atoms with van der Waals surface area (Å²) >= 11 is 3.42. The van der Waals surface area contributed by atoms with E-state index in [1.165, 1.54) is 0 Å². The van der Waals surface area contributed by atoms with Gasteiger partial charge >= 0.3 is 0 Å². The molecular formula is C18H13BrN4O2. The van der Waals surface area contributed by atoms with Crippen molar-refractivity contribution in [2.24, 2.45) is 5.73 Å². The molecule has 1 aliphatic rings. The number of fused-ring (bicyclic) bond motifs is 1. The van der Waals surface area contributed by atoms with Gasteiger partial charge in [-0.2, -0.15) is 10.4 Å². The number of nitrogens with zero attached hydrogens (tertiary/aromatic N) is 3. The Labute approximate surface area is 152 Å². The summed E-state index contributed by atoms with van der Waals surface area (Å²) in [5, 5.41) is 14.2. The lowest BCUT2D eigenvalue weighted by atomic mass is 9.88. The van der Waals surface area contributed by atoms with Gasteiger partial charge in [0, 0.05) is 4.47 Å². The van der Waals surface area contributed by atoms with Gasteiger partial charge in [-0.1, -0.05) is 15.9 Å². The number of aryl methyl sites for hydroxylation is 1. The molecule has 4 rings (SSSR count). The Balaban J connectivity index is 1.94. The number of allylic oxidation sites excluding steroid dienone is 1. The van der Waals surface area contributed by atoms with Gasteiger partial charge in [-0.3, -0.25) is 0 Å². The van der Waals surface area contributed by atoms with E-state index < -0.39 is 5.92 Å². The fraction of sp³-hybridized carbons (Fsp3) is 0.111. The quantitative estimate of drug-likeness (QED) is 0.711. The Bertz CT molecular complexity index is 1010. The van der Waals surface area contributed by atoms with Gasteiger partial charge < -0.3 is 14.9 Å². The molecule has 1 atom stereocenters. The second kappa shape index (κ2) is 5.83. The van der Waals surface area contributed by atoms with Gasteiger partial charge in [-0.25, -0.2) is 4.68 Å². The first-order chi connectivity index (χ1) is 12.1. The van der Waals surface area contributed by atoms with Gasteiger partial charge in [0.25, 0.3) is 0 Å². The third kappa shape index (κ3) is 2.42. The minimum atomic E-state index is -0.437. The van der Waals surface area contributed by atoms with Crippen LogP contribution < -0.4 is 10.5 Å². The summed E-state index contributed by atoms with van der Waals surface area (Å²) in [5.74, 6) is 0.753. The first-order valence-electron chi connectivity index (χ1n) is 7.56. The number of ether oxygens (including phenoxy) is 1. The monoisotopic (exact) mass is 396 g/mol. The zero-order valence-corrected chi connectivity index (χ0v) is 14.8. The first-order valence-corrected chi connectivity index (χ1v) is 8.36. The van der Waals surface area contributed by atoms with Crippen LogP contribution in [0.4, 0.5) is 0 Å². The topological polar surface area (TPSA) is 90.0 Å². The van der Waals surface area contributed by atoms with E-state index in [1.54, 1.807) is 17.0 Å². The molecule has 0 radical (unpaired) electrons. The molecule has 3 heterocycles. The summed E-state index contributed by atoms with van der Waals surface area (Å²) in [7, 11) is 0. The van der Waals surface area contributed by atoms with Crippen molar-refractivity contribution >= 4 is 15.9 Å². The third-order valence-corrected chi connectivity index (χ3v) is 4.66. The van der Waals surface area contributed by atoms with Crippen LogP contribution in [0.5, 0.6) is 5.88 Å². The Morgan fingerprint density at radius 1 is 1.28 bits per heavy atom. The zero-order valence-electron chi connectivity index (χ0n) is 13.2. The number of aromatic nitrogens is 2. The van der Waals surface area contributed by atoms with Crippen LogP contribution >= 0.6 is 15.9 Å². The van der Waals surface area contributed by atoms with Crippen molar-refractivity contribution in [2.45, 2.75) is 12.8 Å². The van der Waals surface area contributed by atoms with E-state index in [9.17, 15) is 5.26 Å². The molecule has 3 aromatic rings. The van der Waals surface area contributed by atoms with Crippen molar-refractivity contribution in [1.82, 2.24) is 9.78 Å². The molecule has 6 nitrogen and oxygen atoms in total. The van der Waals surface area contributed by atoms with E-state index in [4.69, 9.17) is 14.9 Å². The number of benzene rings is 1. The second-order valence-electron chi connectivity index (χ2n) is 5.63. The number of nitrogens with two attached hydrogens (primary N) is 1. The standard InChI is InChI=1S/C18H13BrN4O2/c1-10-15-16(14-3-2-8-24-14)13(9-20)17(21)25-18(15)23(22-10)12-6-4-11(19)5-7-12/h2-8,16H,21H2,1H3. The van der Waals surface area contributed by atoms with Crippen LogP contribution in [0.15, 0.2) is 63.0 Å². The first kappa shape index (κ1) is 15.5. The van der Waals surface area contributed by atoms with E-state index >= 15 is 0 Å². The second-order valence-corrected chi connectivity index (χ2v) is 6.55.